The van der Waals surface area contributed by atoms with Gasteiger partial charge in [0, 0.05) is 19.2 Å². The van der Waals surface area contributed by atoms with Crippen LogP contribution < -0.4 is 11.5 Å². The predicted molar refractivity (Wildman–Crippen MR) is 33.5 cm³/mol. The number of hydrogen-bond acceptors (Lipinski definition) is 3. The molecule has 4 N–H and O–H groups in total. The van der Waals surface area contributed by atoms with E-state index in [0.717, 1.165) is 0 Å². The number of nitrogens with two attached hydrogens (primary N) is 2. The zero-order chi connectivity index (χ0) is 6.62. The Balaban J connectivity index is 3.37. The quantitative estimate of drug-likeness (QED) is 0.515. The second-order valence-corrected chi connectivity index (χ2v) is 2.29. The topological polar surface area (TPSA) is 61.3 Å². The third-order valence-electron chi connectivity index (χ3n) is 0.940. The normalized spacial score (nSPS) is 18.0. The van der Waals surface area contributed by atoms with Gasteiger partial charge in [0.05, 0.1) is 6.61 Å². The van der Waals surface area contributed by atoms with Crippen LogP contribution >= 0.6 is 0 Å². The van der Waals surface area contributed by atoms with Crippen LogP contribution in [0.25, 0.3) is 0 Å². The Bertz CT molecular complexity index is 63.4. The molecule has 8 heavy (non-hydrogen) atoms. The Morgan fingerprint density at radius 1 is 1.62 bits per heavy atom. The van der Waals surface area contributed by atoms with Crippen molar-refractivity contribution in [3.05, 3.63) is 0 Å². The Morgan fingerprint density at radius 2 is 2.12 bits per heavy atom. The molecule has 0 rings (SSSR count). The molecule has 0 saturated carbocycles. The van der Waals surface area contributed by atoms with Gasteiger partial charge in [-0.2, -0.15) is 0 Å². The van der Waals surface area contributed by atoms with E-state index in [1.165, 1.54) is 0 Å². The summed E-state index contributed by atoms with van der Waals surface area (Å²) in [7, 11) is 1.61. The SMILES string of the molecule is COC[C@@](C)(N)CN. The monoisotopic (exact) mass is 118 g/mol. The van der Waals surface area contributed by atoms with Crippen molar-refractivity contribution in [1.82, 2.24) is 0 Å². The van der Waals surface area contributed by atoms with E-state index in [2.05, 4.69) is 0 Å². The molecule has 3 nitrogen and oxygen atoms in total. The molecular weight excluding hydrogens is 104 g/mol. The number of hydrogen-bond donors (Lipinski definition) is 2. The molecule has 0 unspecified atom stereocenters. The van der Waals surface area contributed by atoms with Crippen LogP contribution in [0.5, 0.6) is 0 Å². The maximum atomic E-state index is 5.58. The van der Waals surface area contributed by atoms with E-state index in [9.17, 15) is 0 Å². The summed E-state index contributed by atoms with van der Waals surface area (Å²) in [5.74, 6) is 0. The highest BCUT2D eigenvalue weighted by Gasteiger charge is 2.14. The molecule has 0 aromatic heterocycles. The molecule has 0 aliphatic rings. The maximum absolute atomic E-state index is 5.58. The fourth-order valence-corrected chi connectivity index (χ4v) is 0.389. The molecule has 0 radical (unpaired) electrons. The lowest BCUT2D eigenvalue weighted by Crippen LogP contribution is -2.47. The number of rotatable bonds is 3. The average molecular weight is 118 g/mol. The van der Waals surface area contributed by atoms with Gasteiger partial charge in [-0.25, -0.2) is 0 Å². The second-order valence-electron chi connectivity index (χ2n) is 2.29. The zero-order valence-corrected chi connectivity index (χ0v) is 5.48. The highest BCUT2D eigenvalue weighted by Crippen LogP contribution is 1.93. The van der Waals surface area contributed by atoms with Gasteiger partial charge in [-0.1, -0.05) is 0 Å². The van der Waals surface area contributed by atoms with Crippen molar-refractivity contribution < 1.29 is 4.74 Å². The highest BCUT2D eigenvalue weighted by molar-refractivity contribution is 4.78. The van der Waals surface area contributed by atoms with Crippen LogP contribution in [0.1, 0.15) is 6.92 Å². The first-order valence-corrected chi connectivity index (χ1v) is 2.60. The van der Waals surface area contributed by atoms with Crippen molar-refractivity contribution in [2.75, 3.05) is 20.3 Å². The smallest absolute Gasteiger partial charge is 0.0652 e. The van der Waals surface area contributed by atoms with E-state index in [0.29, 0.717) is 13.2 Å². The standard InChI is InChI=1S/C5H14N2O/c1-5(7,3-6)4-8-2/h3-4,6-7H2,1-2H3/t5-/m0/s1. The van der Waals surface area contributed by atoms with Crippen LogP contribution in [0.3, 0.4) is 0 Å². The van der Waals surface area contributed by atoms with Crippen molar-refractivity contribution in [3.8, 4) is 0 Å². The average Bonchev–Trinajstić information content (AvgIpc) is 1.67. The van der Waals surface area contributed by atoms with Gasteiger partial charge in [-0.15, -0.1) is 0 Å². The molecule has 0 bridgehead atoms. The lowest BCUT2D eigenvalue weighted by molar-refractivity contribution is 0.144. The van der Waals surface area contributed by atoms with Crippen LogP contribution in [-0.2, 0) is 4.74 Å². The first-order valence-electron chi connectivity index (χ1n) is 2.60. The van der Waals surface area contributed by atoms with Gasteiger partial charge in [-0.3, -0.25) is 0 Å². The van der Waals surface area contributed by atoms with Gasteiger partial charge in [0.1, 0.15) is 0 Å². The maximum Gasteiger partial charge on any atom is 0.0652 e. The number of methoxy groups -OCH3 is 1. The molecule has 0 saturated heterocycles. The molecule has 0 fully saturated rings. The van der Waals surface area contributed by atoms with E-state index >= 15 is 0 Å². The van der Waals surface area contributed by atoms with Gasteiger partial charge in [-0.05, 0) is 6.92 Å². The summed E-state index contributed by atoms with van der Waals surface area (Å²) in [6.45, 7) is 2.83. The molecule has 0 spiro atoms. The summed E-state index contributed by atoms with van der Waals surface area (Å²) in [6, 6.07) is 0. The third-order valence-corrected chi connectivity index (χ3v) is 0.940. The first kappa shape index (κ1) is 7.88. The molecule has 3 heteroatoms. The van der Waals surface area contributed by atoms with Crippen LogP contribution in [0, 0.1) is 0 Å². The molecular formula is C5H14N2O. The molecule has 0 amide bonds. The van der Waals surface area contributed by atoms with Gasteiger partial charge in [0.15, 0.2) is 0 Å². The summed E-state index contributed by atoms with van der Waals surface area (Å²) < 4.78 is 4.79. The highest BCUT2D eigenvalue weighted by atomic mass is 16.5. The molecule has 0 aromatic carbocycles. The summed E-state index contributed by atoms with van der Waals surface area (Å²) in [5, 5.41) is 0. The largest absolute Gasteiger partial charge is 0.383 e. The Hall–Kier alpha value is -0.120. The summed E-state index contributed by atoms with van der Waals surface area (Å²) in [5.41, 5.74) is 10.5. The van der Waals surface area contributed by atoms with Crippen molar-refractivity contribution in [3.63, 3.8) is 0 Å². The molecule has 1 atom stereocenters. The summed E-state index contributed by atoms with van der Waals surface area (Å²) in [4.78, 5) is 0. The molecule has 0 aliphatic carbocycles. The van der Waals surface area contributed by atoms with Crippen molar-refractivity contribution >= 4 is 0 Å². The lowest BCUT2D eigenvalue weighted by atomic mass is 10.1. The Kier molecular flexibility index (Phi) is 2.97. The van der Waals surface area contributed by atoms with E-state index in [-0.39, 0.29) is 5.54 Å². The molecule has 0 aliphatic heterocycles. The van der Waals surface area contributed by atoms with Gasteiger partial charge in [0.25, 0.3) is 0 Å². The van der Waals surface area contributed by atoms with E-state index in [1.807, 2.05) is 6.92 Å². The van der Waals surface area contributed by atoms with Crippen molar-refractivity contribution in [2.45, 2.75) is 12.5 Å². The molecule has 50 valence electrons. The van der Waals surface area contributed by atoms with E-state index in [4.69, 9.17) is 16.2 Å². The van der Waals surface area contributed by atoms with Crippen LogP contribution in [0.15, 0.2) is 0 Å². The first-order chi connectivity index (χ1) is 3.62. The minimum atomic E-state index is -0.352. The number of ether oxygens (including phenoxy) is 1. The van der Waals surface area contributed by atoms with E-state index in [1.54, 1.807) is 7.11 Å². The van der Waals surface area contributed by atoms with Gasteiger partial charge in [0.2, 0.25) is 0 Å². The van der Waals surface area contributed by atoms with Crippen LogP contribution in [-0.4, -0.2) is 25.8 Å². The van der Waals surface area contributed by atoms with Crippen molar-refractivity contribution in [2.24, 2.45) is 11.5 Å². The minimum absolute atomic E-state index is 0.352. The Labute approximate surface area is 50.0 Å². The van der Waals surface area contributed by atoms with E-state index < -0.39 is 0 Å². The fraction of sp³-hybridized carbons (Fsp3) is 1.00. The Morgan fingerprint density at radius 3 is 2.25 bits per heavy atom. The van der Waals surface area contributed by atoms with Gasteiger partial charge < -0.3 is 16.2 Å². The van der Waals surface area contributed by atoms with Gasteiger partial charge >= 0.3 is 0 Å². The fourth-order valence-electron chi connectivity index (χ4n) is 0.389. The summed E-state index contributed by atoms with van der Waals surface area (Å²) >= 11 is 0. The third kappa shape index (κ3) is 2.96. The predicted octanol–water partition coefficient (Wildman–Crippen LogP) is -0.691. The summed E-state index contributed by atoms with van der Waals surface area (Å²) in [6.07, 6.45) is 0. The molecule has 0 aromatic rings. The van der Waals surface area contributed by atoms with Crippen LogP contribution in [0.2, 0.25) is 0 Å². The van der Waals surface area contributed by atoms with Crippen LogP contribution in [0.4, 0.5) is 0 Å². The second kappa shape index (κ2) is 3.02. The lowest BCUT2D eigenvalue weighted by Gasteiger charge is -2.20. The minimum Gasteiger partial charge on any atom is -0.383 e. The molecule has 0 heterocycles. The zero-order valence-electron chi connectivity index (χ0n) is 5.48. The van der Waals surface area contributed by atoms with Crippen molar-refractivity contribution in [1.29, 1.82) is 0 Å².